The third-order valence-electron chi connectivity index (χ3n) is 2.71. The third kappa shape index (κ3) is 1.37. The maximum Gasteiger partial charge on any atom is 0.261 e. The molecule has 0 N–H and O–H groups in total. The average Bonchev–Trinajstić information content (AvgIpc) is 2.53. The number of rotatable bonds is 2. The molecule has 1 aromatic rings. The first-order valence-electron chi connectivity index (χ1n) is 4.80. The van der Waals surface area contributed by atoms with Crippen LogP contribution in [0.15, 0.2) is 18.2 Å². The second-order valence-corrected chi connectivity index (χ2v) is 3.58. The van der Waals surface area contributed by atoms with Crippen molar-refractivity contribution in [3.63, 3.8) is 0 Å². The third-order valence-corrected chi connectivity index (χ3v) is 2.71. The molecule has 1 aliphatic heterocycles. The van der Waals surface area contributed by atoms with Crippen molar-refractivity contribution >= 4 is 17.5 Å². The summed E-state index contributed by atoms with van der Waals surface area (Å²) in [7, 11) is 4.74. The highest BCUT2D eigenvalue weighted by Crippen LogP contribution is 2.26. The molecule has 0 saturated heterocycles. The minimum atomic E-state index is -0.272. The van der Waals surface area contributed by atoms with Crippen LogP contribution in [-0.2, 0) is 4.84 Å². The lowest BCUT2D eigenvalue weighted by Crippen LogP contribution is -2.24. The van der Waals surface area contributed by atoms with E-state index in [-0.39, 0.29) is 11.8 Å². The smallest absolute Gasteiger partial charge is 0.261 e. The summed E-state index contributed by atoms with van der Waals surface area (Å²) in [5.41, 5.74) is 1.60. The van der Waals surface area contributed by atoms with Gasteiger partial charge in [0.2, 0.25) is 0 Å². The van der Waals surface area contributed by atoms with E-state index in [1.54, 1.807) is 25.2 Å². The van der Waals surface area contributed by atoms with Crippen LogP contribution in [0.25, 0.3) is 0 Å². The molecule has 0 aliphatic carbocycles. The zero-order chi connectivity index (χ0) is 11.9. The standard InChI is InChI=1S/C11H12N2O3/c1-12-10(14)8-5-4-7(13(2)16-3)6-9(8)11(12)15/h4-6H,1-3H3. The SMILES string of the molecule is CON(C)c1ccc2c(c1)C(=O)N(C)C2=O. The van der Waals surface area contributed by atoms with E-state index >= 15 is 0 Å². The van der Waals surface area contributed by atoms with Gasteiger partial charge >= 0.3 is 0 Å². The van der Waals surface area contributed by atoms with Crippen molar-refractivity contribution in [1.82, 2.24) is 4.90 Å². The summed E-state index contributed by atoms with van der Waals surface area (Å²) in [5.74, 6) is -0.530. The molecule has 0 aromatic heterocycles. The normalized spacial score (nSPS) is 14.3. The minimum absolute atomic E-state index is 0.258. The van der Waals surface area contributed by atoms with Crippen LogP contribution >= 0.6 is 0 Å². The summed E-state index contributed by atoms with van der Waals surface area (Å²) in [5, 5.41) is 1.52. The molecule has 0 fully saturated rings. The molecule has 5 nitrogen and oxygen atoms in total. The fraction of sp³-hybridized carbons (Fsp3) is 0.273. The maximum absolute atomic E-state index is 11.7. The van der Waals surface area contributed by atoms with Gasteiger partial charge < -0.3 is 0 Å². The Hall–Kier alpha value is -1.88. The summed E-state index contributed by atoms with van der Waals surface area (Å²) in [6.45, 7) is 0. The van der Waals surface area contributed by atoms with Crippen LogP contribution in [0.4, 0.5) is 5.69 Å². The molecule has 0 bridgehead atoms. The van der Waals surface area contributed by atoms with Gasteiger partial charge in [-0.1, -0.05) is 0 Å². The van der Waals surface area contributed by atoms with Gasteiger partial charge in [0.05, 0.1) is 23.9 Å². The van der Waals surface area contributed by atoms with E-state index in [2.05, 4.69) is 0 Å². The highest BCUT2D eigenvalue weighted by Gasteiger charge is 2.32. The van der Waals surface area contributed by atoms with E-state index < -0.39 is 0 Å². The van der Waals surface area contributed by atoms with Crippen LogP contribution in [0.3, 0.4) is 0 Å². The number of hydroxylamine groups is 1. The van der Waals surface area contributed by atoms with Gasteiger partial charge in [-0.05, 0) is 18.2 Å². The number of nitrogens with zero attached hydrogens (tertiary/aromatic N) is 2. The number of fused-ring (bicyclic) bond motifs is 1. The number of amides is 2. The number of hydrogen-bond donors (Lipinski definition) is 0. The fourth-order valence-corrected chi connectivity index (χ4v) is 1.65. The molecule has 0 radical (unpaired) electrons. The van der Waals surface area contributed by atoms with E-state index in [0.29, 0.717) is 11.1 Å². The number of benzene rings is 1. The lowest BCUT2D eigenvalue weighted by Gasteiger charge is -2.15. The first-order chi connectivity index (χ1) is 7.56. The Morgan fingerprint density at radius 3 is 2.44 bits per heavy atom. The zero-order valence-electron chi connectivity index (χ0n) is 9.35. The number of carbonyl (C=O) groups is 2. The molecule has 84 valence electrons. The molecule has 2 rings (SSSR count). The molecule has 1 aromatic carbocycles. The van der Waals surface area contributed by atoms with Crippen molar-refractivity contribution in [2.45, 2.75) is 0 Å². The second-order valence-electron chi connectivity index (χ2n) is 3.58. The van der Waals surface area contributed by atoms with Gasteiger partial charge in [-0.15, -0.1) is 0 Å². The quantitative estimate of drug-likeness (QED) is 0.549. The largest absolute Gasteiger partial charge is 0.277 e. The Morgan fingerprint density at radius 2 is 1.81 bits per heavy atom. The van der Waals surface area contributed by atoms with Crippen LogP contribution in [0.5, 0.6) is 0 Å². The second kappa shape index (κ2) is 3.61. The predicted molar refractivity (Wildman–Crippen MR) is 58.3 cm³/mol. The molecular weight excluding hydrogens is 208 g/mol. The Morgan fingerprint density at radius 1 is 1.19 bits per heavy atom. The van der Waals surface area contributed by atoms with E-state index in [9.17, 15) is 9.59 Å². The van der Waals surface area contributed by atoms with Gasteiger partial charge in [-0.25, -0.2) is 0 Å². The summed E-state index contributed by atoms with van der Waals surface area (Å²) < 4.78 is 0. The summed E-state index contributed by atoms with van der Waals surface area (Å²) in [6, 6.07) is 5.04. The Bertz CT molecular complexity index is 470. The number of anilines is 1. The van der Waals surface area contributed by atoms with Crippen LogP contribution in [-0.4, -0.2) is 37.9 Å². The lowest BCUT2D eigenvalue weighted by atomic mass is 10.1. The Balaban J connectivity index is 2.49. The Labute approximate surface area is 93.2 Å². The molecule has 0 spiro atoms. The molecule has 0 atom stereocenters. The topological polar surface area (TPSA) is 49.9 Å². The van der Waals surface area contributed by atoms with Crippen molar-refractivity contribution in [2.75, 3.05) is 26.3 Å². The van der Waals surface area contributed by atoms with E-state index in [4.69, 9.17) is 4.84 Å². The van der Waals surface area contributed by atoms with E-state index in [1.165, 1.54) is 19.2 Å². The van der Waals surface area contributed by atoms with Crippen molar-refractivity contribution in [2.24, 2.45) is 0 Å². The molecule has 5 heteroatoms. The predicted octanol–water partition coefficient (Wildman–Crippen LogP) is 0.910. The average molecular weight is 220 g/mol. The van der Waals surface area contributed by atoms with Crippen LogP contribution in [0, 0.1) is 0 Å². The van der Waals surface area contributed by atoms with Gasteiger partial charge in [0.15, 0.2) is 0 Å². The van der Waals surface area contributed by atoms with E-state index in [1.807, 2.05) is 0 Å². The summed E-state index contributed by atoms with van der Waals surface area (Å²) in [4.78, 5) is 29.5. The summed E-state index contributed by atoms with van der Waals surface area (Å²) >= 11 is 0. The Kier molecular flexibility index (Phi) is 2.40. The fourth-order valence-electron chi connectivity index (χ4n) is 1.65. The molecule has 0 unspecified atom stereocenters. The van der Waals surface area contributed by atoms with Crippen LogP contribution in [0.1, 0.15) is 20.7 Å². The van der Waals surface area contributed by atoms with Gasteiger partial charge in [0, 0.05) is 14.1 Å². The minimum Gasteiger partial charge on any atom is -0.277 e. The highest BCUT2D eigenvalue weighted by molar-refractivity contribution is 6.21. The molecule has 0 saturated carbocycles. The van der Waals surface area contributed by atoms with E-state index in [0.717, 1.165) is 10.6 Å². The van der Waals surface area contributed by atoms with Crippen LogP contribution in [0.2, 0.25) is 0 Å². The number of imide groups is 1. The lowest BCUT2D eigenvalue weighted by molar-refractivity contribution is 0.0693. The van der Waals surface area contributed by atoms with Crippen LogP contribution < -0.4 is 5.06 Å². The molecule has 16 heavy (non-hydrogen) atoms. The van der Waals surface area contributed by atoms with Crippen molar-refractivity contribution < 1.29 is 14.4 Å². The van der Waals surface area contributed by atoms with Gasteiger partial charge in [0.25, 0.3) is 11.8 Å². The first-order valence-corrected chi connectivity index (χ1v) is 4.80. The maximum atomic E-state index is 11.7. The molecular formula is C11H12N2O3. The van der Waals surface area contributed by atoms with Gasteiger partial charge in [-0.2, -0.15) is 0 Å². The monoisotopic (exact) mass is 220 g/mol. The first kappa shape index (κ1) is 10.6. The van der Waals surface area contributed by atoms with Crippen molar-refractivity contribution in [3.8, 4) is 0 Å². The number of hydrogen-bond acceptors (Lipinski definition) is 4. The van der Waals surface area contributed by atoms with Crippen molar-refractivity contribution in [1.29, 1.82) is 0 Å². The molecule has 1 heterocycles. The highest BCUT2D eigenvalue weighted by atomic mass is 16.7. The number of carbonyl (C=O) groups excluding carboxylic acids is 2. The molecule has 1 aliphatic rings. The van der Waals surface area contributed by atoms with Gasteiger partial charge in [-0.3, -0.25) is 24.4 Å². The summed E-state index contributed by atoms with van der Waals surface area (Å²) in [6.07, 6.45) is 0. The zero-order valence-corrected chi connectivity index (χ0v) is 9.35. The molecule has 2 amide bonds. The van der Waals surface area contributed by atoms with Crippen molar-refractivity contribution in [3.05, 3.63) is 29.3 Å². The van der Waals surface area contributed by atoms with Gasteiger partial charge in [0.1, 0.15) is 0 Å².